The average Bonchev–Trinajstić information content (AvgIpc) is 3.19. The molecule has 0 aliphatic heterocycles. The molecular formula is C21H17ClF3NO3. The summed E-state index contributed by atoms with van der Waals surface area (Å²) in [6.45, 7) is -0.0447. The molecule has 4 rings (SSSR count). The second-order valence-corrected chi connectivity index (χ2v) is 7.57. The lowest BCUT2D eigenvalue weighted by Gasteiger charge is -2.12. The number of carboxylic acid groups (broad SMARTS) is 1. The lowest BCUT2D eigenvalue weighted by molar-refractivity contribution is -0.138. The molecule has 29 heavy (non-hydrogen) atoms. The van der Waals surface area contributed by atoms with E-state index < -0.39 is 17.7 Å². The highest BCUT2D eigenvalue weighted by atomic mass is 35.5. The number of rotatable bonds is 5. The van der Waals surface area contributed by atoms with Gasteiger partial charge in [0.1, 0.15) is 12.4 Å². The standard InChI is InChI=1S/C21H17ClF3NO3/c22-16-4-1-11(7-15(16)21(23,24)25)10-29-13-3-6-17-14(9-13)20-12(8-19(27)28)2-5-18(20)26-17/h1,3-4,6-7,9,12,26H,2,5,8,10H2,(H,27,28). The number of ether oxygens (including phenoxy) is 1. The molecule has 0 spiro atoms. The van der Waals surface area contributed by atoms with Crippen molar-refractivity contribution in [2.75, 3.05) is 0 Å². The molecule has 1 aliphatic carbocycles. The molecule has 1 unspecified atom stereocenters. The minimum absolute atomic E-state index is 0.0447. The Morgan fingerprint density at radius 3 is 2.76 bits per heavy atom. The van der Waals surface area contributed by atoms with Gasteiger partial charge in [0.25, 0.3) is 0 Å². The van der Waals surface area contributed by atoms with E-state index in [-0.39, 0.29) is 24.0 Å². The number of fused-ring (bicyclic) bond motifs is 3. The highest BCUT2D eigenvalue weighted by molar-refractivity contribution is 6.31. The van der Waals surface area contributed by atoms with Crippen LogP contribution in [0.3, 0.4) is 0 Å². The summed E-state index contributed by atoms with van der Waals surface area (Å²) < 4.78 is 44.8. The van der Waals surface area contributed by atoms with E-state index in [0.717, 1.165) is 41.1 Å². The van der Waals surface area contributed by atoms with E-state index in [4.69, 9.17) is 21.4 Å². The minimum atomic E-state index is -4.53. The number of aryl methyl sites for hydroxylation is 1. The molecule has 0 amide bonds. The predicted molar refractivity (Wildman–Crippen MR) is 102 cm³/mol. The number of carboxylic acids is 1. The number of halogens is 4. The fraction of sp³-hybridized carbons (Fsp3) is 0.286. The van der Waals surface area contributed by atoms with Gasteiger partial charge in [-0.3, -0.25) is 4.79 Å². The predicted octanol–water partition coefficient (Wildman–Crippen LogP) is 5.92. The van der Waals surface area contributed by atoms with Crippen LogP contribution in [0.25, 0.3) is 10.9 Å². The zero-order valence-corrected chi connectivity index (χ0v) is 15.9. The van der Waals surface area contributed by atoms with Crippen molar-refractivity contribution in [3.63, 3.8) is 0 Å². The van der Waals surface area contributed by atoms with Crippen molar-refractivity contribution in [3.05, 3.63) is 63.8 Å². The summed E-state index contributed by atoms with van der Waals surface area (Å²) in [5.74, 6) is -0.395. The number of aromatic nitrogens is 1. The number of aromatic amines is 1. The van der Waals surface area contributed by atoms with E-state index in [1.54, 1.807) is 6.07 Å². The van der Waals surface area contributed by atoms with Gasteiger partial charge >= 0.3 is 12.1 Å². The van der Waals surface area contributed by atoms with Gasteiger partial charge in [-0.25, -0.2) is 0 Å². The average molecular weight is 424 g/mol. The fourth-order valence-corrected chi connectivity index (χ4v) is 4.15. The second-order valence-electron chi connectivity index (χ2n) is 7.16. The Labute approximate surface area is 169 Å². The van der Waals surface area contributed by atoms with Crippen molar-refractivity contribution in [1.29, 1.82) is 0 Å². The third kappa shape index (κ3) is 3.92. The topological polar surface area (TPSA) is 62.3 Å². The molecule has 2 aromatic carbocycles. The largest absolute Gasteiger partial charge is 0.489 e. The van der Waals surface area contributed by atoms with Crippen LogP contribution in [0.2, 0.25) is 5.02 Å². The van der Waals surface area contributed by atoms with Crippen molar-refractivity contribution in [2.45, 2.75) is 38.0 Å². The molecule has 1 atom stereocenters. The molecule has 0 saturated heterocycles. The van der Waals surface area contributed by atoms with Crippen molar-refractivity contribution < 1.29 is 27.8 Å². The van der Waals surface area contributed by atoms with Crippen LogP contribution in [-0.2, 0) is 24.0 Å². The third-order valence-electron chi connectivity index (χ3n) is 5.21. The number of aliphatic carboxylic acids is 1. The summed E-state index contributed by atoms with van der Waals surface area (Å²) in [7, 11) is 0. The molecule has 3 aromatic rings. The van der Waals surface area contributed by atoms with Crippen molar-refractivity contribution in [3.8, 4) is 5.75 Å². The van der Waals surface area contributed by atoms with Gasteiger partial charge in [0.05, 0.1) is 17.0 Å². The van der Waals surface area contributed by atoms with Crippen LogP contribution in [0.5, 0.6) is 5.75 Å². The summed E-state index contributed by atoms with van der Waals surface area (Å²) in [6, 6.07) is 9.07. The number of benzene rings is 2. The van der Waals surface area contributed by atoms with Crippen LogP contribution in [0.1, 0.15) is 41.1 Å². The number of hydrogen-bond donors (Lipinski definition) is 2. The Bertz CT molecular complexity index is 1090. The van der Waals surface area contributed by atoms with Crippen LogP contribution in [0.15, 0.2) is 36.4 Å². The Kier molecular flexibility index (Phi) is 4.94. The molecule has 8 heteroatoms. The first-order valence-corrected chi connectivity index (χ1v) is 9.45. The van der Waals surface area contributed by atoms with E-state index in [1.165, 1.54) is 12.1 Å². The molecule has 152 valence electrons. The lowest BCUT2D eigenvalue weighted by Crippen LogP contribution is -2.07. The zero-order valence-electron chi connectivity index (χ0n) is 15.1. The van der Waals surface area contributed by atoms with E-state index in [1.807, 2.05) is 12.1 Å². The van der Waals surface area contributed by atoms with E-state index >= 15 is 0 Å². The summed E-state index contributed by atoms with van der Waals surface area (Å²) in [6.07, 6.45) is -2.89. The summed E-state index contributed by atoms with van der Waals surface area (Å²) in [5.41, 5.74) is 2.39. The molecule has 2 N–H and O–H groups in total. The maximum absolute atomic E-state index is 13.0. The Hall–Kier alpha value is -2.67. The number of hydrogen-bond acceptors (Lipinski definition) is 2. The lowest BCUT2D eigenvalue weighted by atomic mass is 9.96. The molecule has 0 radical (unpaired) electrons. The van der Waals surface area contributed by atoms with Gasteiger partial charge in [0.15, 0.2) is 0 Å². The highest BCUT2D eigenvalue weighted by Crippen LogP contribution is 2.41. The molecule has 1 heterocycles. The Morgan fingerprint density at radius 1 is 1.24 bits per heavy atom. The quantitative estimate of drug-likeness (QED) is 0.535. The summed E-state index contributed by atoms with van der Waals surface area (Å²) in [5, 5.41) is 9.69. The van der Waals surface area contributed by atoms with E-state index in [0.29, 0.717) is 11.3 Å². The first kappa shape index (κ1) is 19.6. The number of nitrogens with one attached hydrogen (secondary N) is 1. The second kappa shape index (κ2) is 7.30. The van der Waals surface area contributed by atoms with Gasteiger partial charge in [-0.2, -0.15) is 13.2 Å². The number of H-pyrrole nitrogens is 1. The SMILES string of the molecule is O=C(O)CC1CCc2[nH]c3ccc(OCc4ccc(Cl)c(C(F)(F)F)c4)cc3c21. The van der Waals surface area contributed by atoms with Crippen LogP contribution < -0.4 is 4.74 Å². The number of alkyl halides is 3. The summed E-state index contributed by atoms with van der Waals surface area (Å²) >= 11 is 5.65. The third-order valence-corrected chi connectivity index (χ3v) is 5.54. The van der Waals surface area contributed by atoms with Gasteiger partial charge in [0.2, 0.25) is 0 Å². The van der Waals surface area contributed by atoms with Gasteiger partial charge in [-0.05, 0) is 60.2 Å². The highest BCUT2D eigenvalue weighted by Gasteiger charge is 2.33. The van der Waals surface area contributed by atoms with E-state index in [9.17, 15) is 18.0 Å². The molecule has 4 nitrogen and oxygen atoms in total. The van der Waals surface area contributed by atoms with Crippen LogP contribution in [-0.4, -0.2) is 16.1 Å². The normalized spacial score (nSPS) is 16.2. The van der Waals surface area contributed by atoms with Gasteiger partial charge in [-0.15, -0.1) is 0 Å². The molecule has 0 saturated carbocycles. The monoisotopic (exact) mass is 423 g/mol. The van der Waals surface area contributed by atoms with Crippen molar-refractivity contribution in [2.24, 2.45) is 0 Å². The molecule has 1 aliphatic rings. The maximum Gasteiger partial charge on any atom is 0.417 e. The van der Waals surface area contributed by atoms with Crippen molar-refractivity contribution >= 4 is 28.5 Å². The first-order valence-electron chi connectivity index (χ1n) is 9.07. The molecule has 0 fully saturated rings. The zero-order chi connectivity index (χ0) is 20.8. The van der Waals surface area contributed by atoms with Crippen molar-refractivity contribution in [1.82, 2.24) is 4.98 Å². The molecule has 0 bridgehead atoms. The molecule has 1 aromatic heterocycles. The Morgan fingerprint density at radius 2 is 2.03 bits per heavy atom. The maximum atomic E-state index is 13.0. The number of carbonyl (C=O) groups is 1. The first-order chi connectivity index (χ1) is 13.7. The Balaban J connectivity index is 1.58. The van der Waals surface area contributed by atoms with Crippen LogP contribution >= 0.6 is 11.6 Å². The van der Waals surface area contributed by atoms with Crippen LogP contribution in [0, 0.1) is 0 Å². The van der Waals surface area contributed by atoms with Gasteiger partial charge in [0, 0.05) is 16.6 Å². The smallest absolute Gasteiger partial charge is 0.417 e. The fourth-order valence-electron chi connectivity index (χ4n) is 3.92. The minimum Gasteiger partial charge on any atom is -0.489 e. The van der Waals surface area contributed by atoms with E-state index in [2.05, 4.69) is 4.98 Å². The summed E-state index contributed by atoms with van der Waals surface area (Å²) in [4.78, 5) is 14.5. The van der Waals surface area contributed by atoms with Gasteiger partial charge in [-0.1, -0.05) is 17.7 Å². The van der Waals surface area contributed by atoms with Gasteiger partial charge < -0.3 is 14.8 Å². The molecular weight excluding hydrogens is 407 g/mol. The van der Waals surface area contributed by atoms with Crippen LogP contribution in [0.4, 0.5) is 13.2 Å².